The Morgan fingerprint density at radius 2 is 2.25 bits per heavy atom. The average Bonchev–Trinajstić information content (AvgIpc) is 2.45. The molecule has 1 aromatic carbocycles. The smallest absolute Gasteiger partial charge is 0.110 e. The van der Waals surface area contributed by atoms with Crippen LogP contribution in [0.4, 0.5) is 5.69 Å². The van der Waals surface area contributed by atoms with Crippen molar-refractivity contribution in [2.75, 3.05) is 17.6 Å². The summed E-state index contributed by atoms with van der Waals surface area (Å²) < 4.78 is 0. The third-order valence-electron chi connectivity index (χ3n) is 4.04. The molecular formula is C16H22N2OS. The second kappa shape index (κ2) is 6.20. The normalized spacial score (nSPS) is 29.8. The highest BCUT2D eigenvalue weighted by molar-refractivity contribution is 7.99. The SMILES string of the molecule is CCCC1CSc2ccccc2NC2[C@@H](O)C=CCN12. The number of hydrogen-bond donors (Lipinski definition) is 2. The maximum absolute atomic E-state index is 10.3. The van der Waals surface area contributed by atoms with Crippen LogP contribution in [0, 0.1) is 0 Å². The second-order valence-corrected chi connectivity index (χ2v) is 6.52. The van der Waals surface area contributed by atoms with Gasteiger partial charge in [0.25, 0.3) is 0 Å². The molecule has 3 rings (SSSR count). The quantitative estimate of drug-likeness (QED) is 0.821. The van der Waals surface area contributed by atoms with Crippen LogP contribution in [-0.2, 0) is 0 Å². The van der Waals surface area contributed by atoms with E-state index in [0.29, 0.717) is 6.04 Å². The molecule has 0 radical (unpaired) electrons. The van der Waals surface area contributed by atoms with E-state index < -0.39 is 6.10 Å². The van der Waals surface area contributed by atoms with Gasteiger partial charge >= 0.3 is 0 Å². The molecule has 2 aliphatic heterocycles. The van der Waals surface area contributed by atoms with E-state index in [1.165, 1.54) is 17.7 Å². The Kier molecular flexibility index (Phi) is 4.34. The molecule has 0 amide bonds. The Hall–Kier alpha value is -0.970. The maximum Gasteiger partial charge on any atom is 0.110 e. The first kappa shape index (κ1) is 14.0. The third-order valence-corrected chi connectivity index (χ3v) is 5.26. The van der Waals surface area contributed by atoms with Gasteiger partial charge in [0.2, 0.25) is 0 Å². The molecule has 0 saturated heterocycles. The topological polar surface area (TPSA) is 35.5 Å². The molecule has 2 aliphatic rings. The number of benzene rings is 1. The summed E-state index contributed by atoms with van der Waals surface area (Å²) in [4.78, 5) is 3.70. The first-order chi connectivity index (χ1) is 9.79. The molecule has 2 unspecified atom stereocenters. The van der Waals surface area contributed by atoms with Crippen molar-refractivity contribution >= 4 is 17.4 Å². The number of aliphatic hydroxyl groups is 1. The van der Waals surface area contributed by atoms with Crippen LogP contribution in [0.2, 0.25) is 0 Å². The number of thioether (sulfide) groups is 1. The van der Waals surface area contributed by atoms with Gasteiger partial charge in [-0.3, -0.25) is 4.90 Å². The van der Waals surface area contributed by atoms with Crippen LogP contribution in [0.3, 0.4) is 0 Å². The second-order valence-electron chi connectivity index (χ2n) is 5.45. The Balaban J connectivity index is 1.93. The third kappa shape index (κ3) is 2.73. The van der Waals surface area contributed by atoms with Crippen LogP contribution in [-0.4, -0.2) is 40.6 Å². The molecule has 2 heterocycles. The van der Waals surface area contributed by atoms with Gasteiger partial charge in [-0.05, 0) is 18.6 Å². The maximum atomic E-state index is 10.3. The molecule has 3 nitrogen and oxygen atoms in total. The summed E-state index contributed by atoms with van der Waals surface area (Å²) in [5, 5.41) is 13.9. The van der Waals surface area contributed by atoms with Crippen molar-refractivity contribution in [3.63, 3.8) is 0 Å². The predicted molar refractivity (Wildman–Crippen MR) is 85.1 cm³/mol. The molecule has 2 N–H and O–H groups in total. The number of aliphatic hydroxyl groups excluding tert-OH is 1. The Morgan fingerprint density at radius 3 is 3.10 bits per heavy atom. The minimum atomic E-state index is -0.445. The van der Waals surface area contributed by atoms with Crippen molar-refractivity contribution in [2.24, 2.45) is 0 Å². The van der Waals surface area contributed by atoms with Gasteiger partial charge < -0.3 is 10.4 Å². The molecule has 0 aromatic heterocycles. The first-order valence-corrected chi connectivity index (χ1v) is 8.37. The zero-order chi connectivity index (χ0) is 13.9. The van der Waals surface area contributed by atoms with E-state index in [9.17, 15) is 5.11 Å². The Morgan fingerprint density at radius 1 is 1.40 bits per heavy atom. The van der Waals surface area contributed by atoms with Gasteiger partial charge in [0.05, 0.1) is 0 Å². The number of rotatable bonds is 2. The van der Waals surface area contributed by atoms with Gasteiger partial charge in [-0.25, -0.2) is 0 Å². The zero-order valence-corrected chi connectivity index (χ0v) is 12.6. The van der Waals surface area contributed by atoms with E-state index in [4.69, 9.17) is 0 Å². The largest absolute Gasteiger partial charge is 0.385 e. The summed E-state index contributed by atoms with van der Waals surface area (Å²) in [6.45, 7) is 3.15. The summed E-state index contributed by atoms with van der Waals surface area (Å²) in [5.41, 5.74) is 1.14. The van der Waals surface area contributed by atoms with Gasteiger partial charge in [-0.1, -0.05) is 37.6 Å². The fourth-order valence-corrected chi connectivity index (χ4v) is 4.20. The van der Waals surface area contributed by atoms with Gasteiger partial charge in [0.1, 0.15) is 12.3 Å². The lowest BCUT2D eigenvalue weighted by Gasteiger charge is -2.43. The molecule has 0 saturated carbocycles. The lowest BCUT2D eigenvalue weighted by atomic mass is 10.1. The van der Waals surface area contributed by atoms with E-state index in [1.807, 2.05) is 23.9 Å². The van der Waals surface area contributed by atoms with Crippen molar-refractivity contribution in [1.29, 1.82) is 0 Å². The minimum Gasteiger partial charge on any atom is -0.385 e. The van der Waals surface area contributed by atoms with E-state index >= 15 is 0 Å². The van der Waals surface area contributed by atoms with Crippen molar-refractivity contribution in [3.8, 4) is 0 Å². The van der Waals surface area contributed by atoms with Gasteiger partial charge in [0.15, 0.2) is 0 Å². The fourth-order valence-electron chi connectivity index (χ4n) is 3.02. The number of hydrogen-bond acceptors (Lipinski definition) is 4. The highest BCUT2D eigenvalue weighted by Crippen LogP contribution is 2.34. The molecule has 0 fully saturated rings. The number of fused-ring (bicyclic) bond motifs is 2. The van der Waals surface area contributed by atoms with E-state index in [1.54, 1.807) is 0 Å². The molecule has 20 heavy (non-hydrogen) atoms. The van der Waals surface area contributed by atoms with Gasteiger partial charge in [0, 0.05) is 28.9 Å². The van der Waals surface area contributed by atoms with Crippen LogP contribution in [0.1, 0.15) is 19.8 Å². The van der Waals surface area contributed by atoms with Crippen LogP contribution in [0.25, 0.3) is 0 Å². The monoisotopic (exact) mass is 290 g/mol. The zero-order valence-electron chi connectivity index (χ0n) is 11.8. The summed E-state index contributed by atoms with van der Waals surface area (Å²) in [6.07, 6.45) is 5.89. The summed E-state index contributed by atoms with van der Waals surface area (Å²) in [5.74, 6) is 1.09. The summed E-state index contributed by atoms with van der Waals surface area (Å²) in [6, 6.07) is 8.91. The average molecular weight is 290 g/mol. The van der Waals surface area contributed by atoms with Crippen molar-refractivity contribution in [3.05, 3.63) is 36.4 Å². The van der Waals surface area contributed by atoms with Crippen LogP contribution >= 0.6 is 11.8 Å². The first-order valence-electron chi connectivity index (χ1n) is 7.38. The number of para-hydroxylation sites is 1. The highest BCUT2D eigenvalue weighted by atomic mass is 32.2. The lowest BCUT2D eigenvalue weighted by Crippen LogP contribution is -2.56. The van der Waals surface area contributed by atoms with Gasteiger partial charge in [-0.15, -0.1) is 11.8 Å². The molecule has 1 aromatic rings. The molecule has 0 bridgehead atoms. The fraction of sp³-hybridized carbons (Fsp3) is 0.500. The Labute approximate surface area is 125 Å². The predicted octanol–water partition coefficient (Wildman–Crippen LogP) is 2.93. The van der Waals surface area contributed by atoms with E-state index in [0.717, 1.165) is 18.0 Å². The molecule has 4 heteroatoms. The number of nitrogens with zero attached hydrogens (tertiary/aromatic N) is 1. The molecule has 0 aliphatic carbocycles. The van der Waals surface area contributed by atoms with E-state index in [-0.39, 0.29) is 6.17 Å². The molecule has 3 atom stereocenters. The van der Waals surface area contributed by atoms with Crippen molar-refractivity contribution < 1.29 is 5.11 Å². The molecular weight excluding hydrogens is 268 g/mol. The standard InChI is InChI=1S/C16H22N2OS/c1-2-6-12-11-20-15-9-4-3-7-13(15)17-16-14(19)8-5-10-18(12)16/h3-5,7-9,12,14,16-17,19H,2,6,10-11H2,1H3/t12?,14-,16?/m0/s1. The van der Waals surface area contributed by atoms with Crippen molar-refractivity contribution in [2.45, 2.75) is 43.0 Å². The molecule has 108 valence electrons. The van der Waals surface area contributed by atoms with Crippen LogP contribution in [0.15, 0.2) is 41.3 Å². The van der Waals surface area contributed by atoms with Crippen molar-refractivity contribution in [1.82, 2.24) is 4.90 Å². The van der Waals surface area contributed by atoms with Crippen LogP contribution in [0.5, 0.6) is 0 Å². The number of nitrogens with one attached hydrogen (secondary N) is 1. The van der Waals surface area contributed by atoms with Crippen LogP contribution < -0.4 is 5.32 Å². The minimum absolute atomic E-state index is 0.0152. The summed E-state index contributed by atoms with van der Waals surface area (Å²) in [7, 11) is 0. The molecule has 0 spiro atoms. The van der Waals surface area contributed by atoms with E-state index in [2.05, 4.69) is 41.4 Å². The summed E-state index contributed by atoms with van der Waals surface area (Å²) >= 11 is 1.92. The van der Waals surface area contributed by atoms with Gasteiger partial charge in [-0.2, -0.15) is 0 Å². The Bertz CT molecular complexity index is 491. The number of anilines is 1. The lowest BCUT2D eigenvalue weighted by molar-refractivity contribution is 0.0646. The highest BCUT2D eigenvalue weighted by Gasteiger charge is 2.33.